The lowest BCUT2D eigenvalue weighted by atomic mass is 10.2. The Bertz CT molecular complexity index is 774. The Morgan fingerprint density at radius 1 is 1.33 bits per heavy atom. The number of nitrogens with zero attached hydrogens (tertiary/aromatic N) is 2. The molecule has 2 aromatic rings. The molecule has 0 spiro atoms. The van der Waals surface area contributed by atoms with E-state index in [9.17, 15) is 9.59 Å². The second kappa shape index (κ2) is 7.94. The number of benzene rings is 1. The zero-order valence-electron chi connectivity index (χ0n) is 13.6. The number of nitrogens with one attached hydrogen (secondary N) is 1. The summed E-state index contributed by atoms with van der Waals surface area (Å²) in [6.45, 7) is 2.37. The third-order valence-corrected chi connectivity index (χ3v) is 3.64. The molecule has 24 heavy (non-hydrogen) atoms. The molecule has 0 radical (unpaired) electrons. The average Bonchev–Trinajstić information content (AvgIpc) is 2.59. The predicted molar refractivity (Wildman–Crippen MR) is 91.1 cm³/mol. The number of halogens is 1. The van der Waals surface area contributed by atoms with E-state index >= 15 is 0 Å². The summed E-state index contributed by atoms with van der Waals surface area (Å²) in [5, 5.41) is 7.22. The van der Waals surface area contributed by atoms with Crippen LogP contribution in [-0.2, 0) is 9.47 Å². The van der Waals surface area contributed by atoms with E-state index in [1.54, 1.807) is 31.4 Å². The molecule has 1 unspecified atom stereocenters. The zero-order chi connectivity index (χ0) is 17.7. The van der Waals surface area contributed by atoms with Crippen LogP contribution in [0.15, 0.2) is 35.3 Å². The van der Waals surface area contributed by atoms with Crippen LogP contribution in [0.1, 0.15) is 17.3 Å². The van der Waals surface area contributed by atoms with Crippen molar-refractivity contribution in [2.75, 3.05) is 26.1 Å². The van der Waals surface area contributed by atoms with Crippen molar-refractivity contribution >= 4 is 23.3 Å². The maximum Gasteiger partial charge on any atom is 0.337 e. The van der Waals surface area contributed by atoms with E-state index in [0.717, 1.165) is 4.68 Å². The van der Waals surface area contributed by atoms with Gasteiger partial charge in [0.25, 0.3) is 5.56 Å². The molecule has 1 aromatic heterocycles. The summed E-state index contributed by atoms with van der Waals surface area (Å²) in [5.41, 5.74) is 0.851. The molecule has 0 bridgehead atoms. The van der Waals surface area contributed by atoms with Gasteiger partial charge in [-0.3, -0.25) is 4.79 Å². The minimum absolute atomic E-state index is 0.0242. The molecule has 0 aliphatic carbocycles. The molecule has 2 rings (SSSR count). The average molecular weight is 352 g/mol. The lowest BCUT2D eigenvalue weighted by Gasteiger charge is -2.15. The van der Waals surface area contributed by atoms with E-state index in [1.807, 2.05) is 6.92 Å². The lowest BCUT2D eigenvalue weighted by molar-refractivity contribution is 0.0600. The minimum Gasteiger partial charge on any atom is -0.465 e. The number of anilines is 1. The fourth-order valence-electron chi connectivity index (χ4n) is 2.13. The van der Waals surface area contributed by atoms with Gasteiger partial charge in [0.05, 0.1) is 36.9 Å². The van der Waals surface area contributed by atoms with Crippen molar-refractivity contribution in [3.63, 3.8) is 0 Å². The van der Waals surface area contributed by atoms with Crippen LogP contribution in [0.2, 0.25) is 5.02 Å². The zero-order valence-corrected chi connectivity index (χ0v) is 14.3. The largest absolute Gasteiger partial charge is 0.465 e. The Kier molecular flexibility index (Phi) is 5.94. The quantitative estimate of drug-likeness (QED) is 0.803. The van der Waals surface area contributed by atoms with E-state index in [4.69, 9.17) is 16.3 Å². The molecule has 0 aliphatic heterocycles. The van der Waals surface area contributed by atoms with E-state index in [2.05, 4.69) is 15.2 Å². The number of hydrogen-bond donors (Lipinski definition) is 1. The number of rotatable bonds is 6. The van der Waals surface area contributed by atoms with Crippen LogP contribution in [0.25, 0.3) is 5.69 Å². The molecule has 128 valence electrons. The molecule has 0 fully saturated rings. The second-order valence-corrected chi connectivity index (χ2v) is 5.51. The van der Waals surface area contributed by atoms with Crippen LogP contribution >= 0.6 is 11.6 Å². The molecule has 0 amide bonds. The highest BCUT2D eigenvalue weighted by atomic mass is 35.5. The molecule has 0 aliphatic rings. The molecule has 0 saturated heterocycles. The number of ether oxygens (including phenoxy) is 2. The molecule has 7 nitrogen and oxygen atoms in total. The maximum atomic E-state index is 12.4. The standard InChI is InChI=1S/C16H18ClN3O4/c1-10(9-23-2)19-13-8-18-20(15(21)14(13)17)12-6-4-11(5-7-12)16(22)24-3/h4-8,10,19H,9H2,1-3H3. The summed E-state index contributed by atoms with van der Waals surface area (Å²) in [6.07, 6.45) is 1.48. The van der Waals surface area contributed by atoms with Gasteiger partial charge in [0, 0.05) is 13.2 Å². The molecular formula is C16H18ClN3O4. The summed E-state index contributed by atoms with van der Waals surface area (Å²) in [6, 6.07) is 6.27. The van der Waals surface area contributed by atoms with Gasteiger partial charge in [0.2, 0.25) is 0 Å². The van der Waals surface area contributed by atoms with Crippen LogP contribution in [0.4, 0.5) is 5.69 Å². The molecule has 0 saturated carbocycles. The number of methoxy groups -OCH3 is 2. The van der Waals surface area contributed by atoms with E-state index in [1.165, 1.54) is 13.3 Å². The van der Waals surface area contributed by atoms with Crippen molar-refractivity contribution in [3.05, 3.63) is 51.4 Å². The van der Waals surface area contributed by atoms with Crippen molar-refractivity contribution in [3.8, 4) is 5.69 Å². The smallest absolute Gasteiger partial charge is 0.337 e. The Morgan fingerprint density at radius 2 is 2.00 bits per heavy atom. The van der Waals surface area contributed by atoms with Crippen molar-refractivity contribution < 1.29 is 14.3 Å². The molecule has 1 aromatic carbocycles. The van der Waals surface area contributed by atoms with E-state index < -0.39 is 11.5 Å². The van der Waals surface area contributed by atoms with Crippen molar-refractivity contribution in [1.82, 2.24) is 9.78 Å². The first-order chi connectivity index (χ1) is 11.5. The first kappa shape index (κ1) is 18.0. The SMILES string of the molecule is COCC(C)Nc1cnn(-c2ccc(C(=O)OC)cc2)c(=O)c1Cl. The number of aromatic nitrogens is 2. The van der Waals surface area contributed by atoms with Crippen LogP contribution < -0.4 is 10.9 Å². The Hall–Kier alpha value is -2.38. The van der Waals surface area contributed by atoms with Crippen molar-refractivity contribution in [1.29, 1.82) is 0 Å². The minimum atomic E-state index is -0.461. The third-order valence-electron chi connectivity index (χ3n) is 3.27. The van der Waals surface area contributed by atoms with Gasteiger partial charge in [0.15, 0.2) is 0 Å². The number of esters is 1. The third kappa shape index (κ3) is 3.93. The number of carbonyl (C=O) groups is 1. The maximum absolute atomic E-state index is 12.4. The van der Waals surface area contributed by atoms with E-state index in [0.29, 0.717) is 23.5 Å². The summed E-state index contributed by atoms with van der Waals surface area (Å²) in [4.78, 5) is 23.8. The lowest BCUT2D eigenvalue weighted by Crippen LogP contribution is -2.26. The highest BCUT2D eigenvalue weighted by molar-refractivity contribution is 6.32. The molecule has 1 atom stereocenters. The Balaban J connectivity index is 2.30. The number of carbonyl (C=O) groups excluding carboxylic acids is 1. The summed E-state index contributed by atoms with van der Waals surface area (Å²) < 4.78 is 10.8. The monoisotopic (exact) mass is 351 g/mol. The van der Waals surface area contributed by atoms with Gasteiger partial charge in [0.1, 0.15) is 5.02 Å². The summed E-state index contributed by atoms with van der Waals surface area (Å²) >= 11 is 6.15. The van der Waals surface area contributed by atoms with Crippen LogP contribution in [-0.4, -0.2) is 42.6 Å². The predicted octanol–water partition coefficient (Wildman–Crippen LogP) is 2.12. The van der Waals surface area contributed by atoms with Crippen LogP contribution in [0, 0.1) is 0 Å². The molecule has 1 heterocycles. The highest BCUT2D eigenvalue weighted by Crippen LogP contribution is 2.18. The molecule has 1 N–H and O–H groups in total. The summed E-state index contributed by atoms with van der Waals surface area (Å²) in [7, 11) is 2.90. The first-order valence-corrected chi connectivity index (χ1v) is 7.57. The van der Waals surface area contributed by atoms with Gasteiger partial charge in [-0.1, -0.05) is 11.6 Å². The first-order valence-electron chi connectivity index (χ1n) is 7.20. The van der Waals surface area contributed by atoms with Gasteiger partial charge in [-0.05, 0) is 31.2 Å². The normalized spacial score (nSPS) is 11.8. The van der Waals surface area contributed by atoms with Gasteiger partial charge >= 0.3 is 5.97 Å². The van der Waals surface area contributed by atoms with Gasteiger partial charge in [-0.15, -0.1) is 0 Å². The van der Waals surface area contributed by atoms with Crippen molar-refractivity contribution in [2.24, 2.45) is 0 Å². The Morgan fingerprint density at radius 3 is 2.58 bits per heavy atom. The fourth-order valence-corrected chi connectivity index (χ4v) is 2.31. The van der Waals surface area contributed by atoms with E-state index in [-0.39, 0.29) is 11.1 Å². The summed E-state index contributed by atoms with van der Waals surface area (Å²) in [5.74, 6) is -0.452. The van der Waals surface area contributed by atoms with Crippen LogP contribution in [0.5, 0.6) is 0 Å². The topological polar surface area (TPSA) is 82.4 Å². The van der Waals surface area contributed by atoms with Gasteiger partial charge in [-0.2, -0.15) is 9.78 Å². The Labute approximate surface area is 144 Å². The fraction of sp³-hybridized carbons (Fsp3) is 0.312. The molecule has 8 heteroatoms. The second-order valence-electron chi connectivity index (χ2n) is 5.13. The number of hydrogen-bond acceptors (Lipinski definition) is 6. The van der Waals surface area contributed by atoms with Gasteiger partial charge in [-0.25, -0.2) is 4.79 Å². The van der Waals surface area contributed by atoms with Gasteiger partial charge < -0.3 is 14.8 Å². The van der Waals surface area contributed by atoms with Crippen molar-refractivity contribution in [2.45, 2.75) is 13.0 Å². The molecular weight excluding hydrogens is 334 g/mol. The van der Waals surface area contributed by atoms with Crippen LogP contribution in [0.3, 0.4) is 0 Å². The highest BCUT2D eigenvalue weighted by Gasteiger charge is 2.13.